The first-order chi connectivity index (χ1) is 5.03. The monoisotopic (exact) mass is 170 g/mol. The van der Waals surface area contributed by atoms with Gasteiger partial charge in [-0.05, 0) is 45.0 Å². The lowest BCUT2D eigenvalue weighted by Gasteiger charge is -2.36. The third-order valence-corrected chi connectivity index (χ3v) is 6.14. The van der Waals surface area contributed by atoms with Gasteiger partial charge in [-0.2, -0.15) is 0 Å². The summed E-state index contributed by atoms with van der Waals surface area (Å²) in [5.74, 6) is 1.17. The predicted molar refractivity (Wildman–Crippen MR) is 51.0 cm³/mol. The zero-order valence-corrected chi connectivity index (χ0v) is 9.03. The Labute approximate surface area is 70.6 Å². The number of allylic oxidation sites excluding steroid dienone is 2. The average molecular weight is 170 g/mol. The fourth-order valence-corrected chi connectivity index (χ4v) is 3.75. The Hall–Kier alpha value is -0.243. The van der Waals surface area contributed by atoms with Crippen molar-refractivity contribution in [1.29, 1.82) is 0 Å². The van der Waals surface area contributed by atoms with E-state index in [1.165, 1.54) is 29.8 Å². The lowest BCUT2D eigenvalue weighted by Crippen LogP contribution is -2.40. The van der Waals surface area contributed by atoms with Gasteiger partial charge in [0, 0.05) is 0 Å². The molecule has 0 aromatic heterocycles. The van der Waals surface area contributed by atoms with E-state index in [0.717, 1.165) is 0 Å². The van der Waals surface area contributed by atoms with Crippen molar-refractivity contribution in [2.75, 3.05) is 0 Å². The van der Waals surface area contributed by atoms with Gasteiger partial charge in [-0.1, -0.05) is 6.42 Å². The molecule has 2 heteroatoms. The smallest absolute Gasteiger partial charge is 0.247 e. The van der Waals surface area contributed by atoms with Crippen molar-refractivity contribution in [2.45, 2.75) is 45.8 Å². The van der Waals surface area contributed by atoms with Crippen molar-refractivity contribution >= 4 is 8.32 Å². The summed E-state index contributed by atoms with van der Waals surface area (Å²) in [6.07, 6.45) is 1.39. The topological polar surface area (TPSA) is 9.23 Å². The van der Waals surface area contributed by atoms with Gasteiger partial charge in [0.1, 0.15) is 0 Å². The Balaban J connectivity index is 2.48. The first-order valence-corrected chi connectivity index (χ1v) is 7.19. The summed E-state index contributed by atoms with van der Waals surface area (Å²) in [6, 6.07) is 2.72. The van der Waals surface area contributed by atoms with Crippen LogP contribution in [0.2, 0.25) is 18.6 Å². The van der Waals surface area contributed by atoms with E-state index in [9.17, 15) is 0 Å². The van der Waals surface area contributed by atoms with Crippen LogP contribution < -0.4 is 0 Å². The molecule has 1 fully saturated rings. The molecular weight excluding hydrogens is 152 g/mol. The van der Waals surface area contributed by atoms with Gasteiger partial charge in [0.05, 0.1) is 5.76 Å². The first kappa shape index (κ1) is 8.85. The molecule has 0 N–H and O–H groups in total. The summed E-state index contributed by atoms with van der Waals surface area (Å²) >= 11 is 0. The number of hydrogen-bond donors (Lipinski definition) is 0. The molecule has 0 bridgehead atoms. The molecule has 1 aliphatic rings. The van der Waals surface area contributed by atoms with E-state index in [1.807, 2.05) is 0 Å². The maximum absolute atomic E-state index is 5.95. The highest BCUT2D eigenvalue weighted by Crippen LogP contribution is 2.34. The maximum Gasteiger partial charge on any atom is 0.247 e. The second-order valence-electron chi connectivity index (χ2n) is 3.96. The predicted octanol–water partition coefficient (Wildman–Crippen LogP) is 3.30. The van der Waals surface area contributed by atoms with Crippen LogP contribution >= 0.6 is 0 Å². The zero-order valence-electron chi connectivity index (χ0n) is 8.03. The van der Waals surface area contributed by atoms with Gasteiger partial charge in [-0.15, -0.1) is 0 Å². The molecule has 1 rings (SSSR count). The Bertz CT molecular complexity index is 176. The lowest BCUT2D eigenvalue weighted by molar-refractivity contribution is 0.386. The van der Waals surface area contributed by atoms with E-state index in [-0.39, 0.29) is 0 Å². The average Bonchev–Trinajstić information content (AvgIpc) is 1.84. The molecule has 0 amide bonds. The number of hydrogen-bond acceptors (Lipinski definition) is 1. The van der Waals surface area contributed by atoms with Crippen LogP contribution in [0.25, 0.3) is 0 Å². The molecule has 0 aromatic carbocycles. The Morgan fingerprint density at radius 2 is 1.73 bits per heavy atom. The summed E-state index contributed by atoms with van der Waals surface area (Å²) < 4.78 is 5.95. The minimum absolute atomic E-state index is 1.17. The lowest BCUT2D eigenvalue weighted by atomic mass is 10.3. The standard InChI is InChI=1S/C9H18OSi/c1-8(2)9(3)10-11(4)6-5-7-11/h5-7H2,1-4H3. The van der Waals surface area contributed by atoms with Crippen LogP contribution in [0.1, 0.15) is 27.2 Å². The van der Waals surface area contributed by atoms with Gasteiger partial charge < -0.3 is 4.43 Å². The van der Waals surface area contributed by atoms with Crippen molar-refractivity contribution in [3.8, 4) is 0 Å². The summed E-state index contributed by atoms with van der Waals surface area (Å²) in [4.78, 5) is 0. The third-order valence-electron chi connectivity index (χ3n) is 2.51. The Morgan fingerprint density at radius 3 is 2.00 bits per heavy atom. The molecule has 64 valence electrons. The van der Waals surface area contributed by atoms with Crippen LogP contribution in [0.3, 0.4) is 0 Å². The molecule has 1 heterocycles. The quantitative estimate of drug-likeness (QED) is 0.456. The van der Waals surface area contributed by atoms with Crippen molar-refractivity contribution in [1.82, 2.24) is 0 Å². The summed E-state index contributed by atoms with van der Waals surface area (Å²) in [5.41, 5.74) is 1.32. The molecule has 0 radical (unpaired) electrons. The van der Waals surface area contributed by atoms with E-state index in [0.29, 0.717) is 0 Å². The van der Waals surface area contributed by atoms with Gasteiger partial charge in [0.15, 0.2) is 0 Å². The highest BCUT2D eigenvalue weighted by molar-refractivity contribution is 6.75. The van der Waals surface area contributed by atoms with E-state index in [4.69, 9.17) is 4.43 Å². The van der Waals surface area contributed by atoms with Crippen LogP contribution in [0.15, 0.2) is 11.3 Å². The molecule has 1 nitrogen and oxygen atoms in total. The van der Waals surface area contributed by atoms with Gasteiger partial charge in [0.2, 0.25) is 8.32 Å². The molecular formula is C9H18OSi. The van der Waals surface area contributed by atoms with Crippen molar-refractivity contribution in [2.24, 2.45) is 0 Å². The maximum atomic E-state index is 5.95. The molecule has 0 aliphatic carbocycles. The molecule has 0 saturated carbocycles. The first-order valence-electron chi connectivity index (χ1n) is 4.37. The Morgan fingerprint density at radius 1 is 1.18 bits per heavy atom. The van der Waals surface area contributed by atoms with Gasteiger partial charge in [0.25, 0.3) is 0 Å². The largest absolute Gasteiger partial charge is 0.547 e. The fraction of sp³-hybridized carbons (Fsp3) is 0.778. The van der Waals surface area contributed by atoms with E-state index >= 15 is 0 Å². The summed E-state index contributed by atoms with van der Waals surface area (Å²) in [6.45, 7) is 8.66. The molecule has 0 aromatic rings. The van der Waals surface area contributed by atoms with Crippen LogP contribution in [-0.4, -0.2) is 8.32 Å². The van der Waals surface area contributed by atoms with E-state index < -0.39 is 8.32 Å². The van der Waals surface area contributed by atoms with Crippen molar-refractivity contribution < 1.29 is 4.43 Å². The second kappa shape index (κ2) is 3.01. The zero-order chi connectivity index (χ0) is 8.48. The minimum Gasteiger partial charge on any atom is -0.547 e. The molecule has 0 atom stereocenters. The summed E-state index contributed by atoms with van der Waals surface area (Å²) in [7, 11) is -1.18. The van der Waals surface area contributed by atoms with Crippen LogP contribution in [0, 0.1) is 0 Å². The number of rotatable bonds is 2. The van der Waals surface area contributed by atoms with Gasteiger partial charge in [-0.25, -0.2) is 0 Å². The third kappa shape index (κ3) is 2.09. The van der Waals surface area contributed by atoms with E-state index in [1.54, 1.807) is 0 Å². The second-order valence-corrected chi connectivity index (χ2v) is 8.07. The van der Waals surface area contributed by atoms with Crippen LogP contribution in [0.5, 0.6) is 0 Å². The SMILES string of the molecule is CC(C)=C(C)O[Si]1(C)CCC1. The minimum atomic E-state index is -1.18. The van der Waals surface area contributed by atoms with Gasteiger partial charge in [-0.3, -0.25) is 0 Å². The fourth-order valence-electron chi connectivity index (χ4n) is 1.25. The van der Waals surface area contributed by atoms with E-state index in [2.05, 4.69) is 27.3 Å². The highest BCUT2D eigenvalue weighted by Gasteiger charge is 2.38. The van der Waals surface area contributed by atoms with Crippen LogP contribution in [0.4, 0.5) is 0 Å². The molecule has 1 saturated heterocycles. The Kier molecular flexibility index (Phi) is 2.42. The molecule has 1 aliphatic heterocycles. The van der Waals surface area contributed by atoms with Crippen molar-refractivity contribution in [3.63, 3.8) is 0 Å². The van der Waals surface area contributed by atoms with Crippen molar-refractivity contribution in [3.05, 3.63) is 11.3 Å². The molecule has 0 unspecified atom stereocenters. The van der Waals surface area contributed by atoms with Gasteiger partial charge >= 0.3 is 0 Å². The normalized spacial score (nSPS) is 20.4. The van der Waals surface area contributed by atoms with Crippen LogP contribution in [-0.2, 0) is 4.43 Å². The molecule has 11 heavy (non-hydrogen) atoms. The summed E-state index contributed by atoms with van der Waals surface area (Å²) in [5, 5.41) is 0. The highest BCUT2D eigenvalue weighted by atomic mass is 28.4. The molecule has 0 spiro atoms.